The van der Waals surface area contributed by atoms with E-state index in [1.165, 1.54) is 0 Å². The molecule has 0 radical (unpaired) electrons. The van der Waals surface area contributed by atoms with Crippen LogP contribution in [0.25, 0.3) is 0 Å². The summed E-state index contributed by atoms with van der Waals surface area (Å²) in [6.45, 7) is 1.46. The van der Waals surface area contributed by atoms with Crippen LogP contribution in [0.5, 0.6) is 0 Å². The zero-order chi connectivity index (χ0) is 13.5. The van der Waals surface area contributed by atoms with Gasteiger partial charge in [0.05, 0.1) is 0 Å². The van der Waals surface area contributed by atoms with E-state index in [-0.39, 0.29) is 5.91 Å². The van der Waals surface area contributed by atoms with E-state index < -0.39 is 0 Å². The van der Waals surface area contributed by atoms with Crippen LogP contribution in [0, 0.1) is 0 Å². The van der Waals surface area contributed by atoms with Gasteiger partial charge in [0.2, 0.25) is 5.91 Å². The molecule has 1 heterocycles. The van der Waals surface area contributed by atoms with E-state index in [2.05, 4.69) is 5.32 Å². The average molecular weight is 257 g/mol. The summed E-state index contributed by atoms with van der Waals surface area (Å²) in [5, 5.41) is 2.91. The number of hydrogen-bond acceptors (Lipinski definition) is 2. The molecule has 100 valence electrons. The zero-order valence-electron chi connectivity index (χ0n) is 10.9. The molecule has 0 aliphatic heterocycles. The lowest BCUT2D eigenvalue weighted by molar-refractivity contribution is -0.121. The van der Waals surface area contributed by atoms with E-state index in [4.69, 9.17) is 5.73 Å². The molecule has 0 fully saturated rings. The minimum absolute atomic E-state index is 0.0783. The summed E-state index contributed by atoms with van der Waals surface area (Å²) in [6.07, 6.45) is 5.19. The molecule has 0 spiro atoms. The second-order valence-corrected chi connectivity index (χ2v) is 4.52. The highest BCUT2D eigenvalue weighted by atomic mass is 16.1. The van der Waals surface area contributed by atoms with E-state index in [0.717, 1.165) is 24.2 Å². The average Bonchev–Trinajstić information content (AvgIpc) is 2.90. The highest BCUT2D eigenvalue weighted by Gasteiger charge is 2.02. The number of carbonyl (C=O) groups excluding carboxylic acids is 1. The number of benzene rings is 1. The van der Waals surface area contributed by atoms with Crippen molar-refractivity contribution in [2.24, 2.45) is 0 Å². The van der Waals surface area contributed by atoms with Crippen molar-refractivity contribution in [3.05, 3.63) is 54.4 Å². The first-order chi connectivity index (χ1) is 9.24. The molecule has 4 nitrogen and oxygen atoms in total. The molecule has 2 aromatic rings. The van der Waals surface area contributed by atoms with E-state index >= 15 is 0 Å². The molecular weight excluding hydrogens is 238 g/mol. The number of nitrogens with two attached hydrogens (primary N) is 1. The summed E-state index contributed by atoms with van der Waals surface area (Å²) in [4.78, 5) is 11.7. The predicted molar refractivity (Wildman–Crippen MR) is 76.6 cm³/mol. The highest BCUT2D eigenvalue weighted by Crippen LogP contribution is 2.08. The zero-order valence-corrected chi connectivity index (χ0v) is 10.9. The predicted octanol–water partition coefficient (Wildman–Crippen LogP) is 1.82. The number of aryl methyl sites for hydroxylation is 1. The number of anilines is 1. The Morgan fingerprint density at radius 3 is 2.74 bits per heavy atom. The van der Waals surface area contributed by atoms with Crippen LogP contribution in [-0.4, -0.2) is 17.0 Å². The fourth-order valence-electron chi connectivity index (χ4n) is 1.94. The molecule has 4 heteroatoms. The van der Waals surface area contributed by atoms with Crippen LogP contribution < -0.4 is 11.1 Å². The first-order valence-electron chi connectivity index (χ1n) is 6.46. The van der Waals surface area contributed by atoms with Gasteiger partial charge >= 0.3 is 0 Å². The molecule has 2 rings (SSSR count). The normalized spacial score (nSPS) is 10.3. The lowest BCUT2D eigenvalue weighted by Crippen LogP contribution is -2.27. The maximum Gasteiger partial charge on any atom is 0.220 e. The maximum atomic E-state index is 11.7. The van der Waals surface area contributed by atoms with Crippen LogP contribution in [0.4, 0.5) is 5.69 Å². The van der Waals surface area contributed by atoms with Crippen LogP contribution in [0.15, 0.2) is 48.8 Å². The van der Waals surface area contributed by atoms with Crippen LogP contribution >= 0.6 is 0 Å². The number of nitrogens with one attached hydrogen (secondary N) is 1. The van der Waals surface area contributed by atoms with Gasteiger partial charge in [0.15, 0.2) is 0 Å². The molecular formula is C15H19N3O. The van der Waals surface area contributed by atoms with Gasteiger partial charge in [-0.1, -0.05) is 12.1 Å². The van der Waals surface area contributed by atoms with Gasteiger partial charge in [0, 0.05) is 37.6 Å². The maximum absolute atomic E-state index is 11.7. The van der Waals surface area contributed by atoms with E-state index in [1.807, 2.05) is 53.4 Å². The molecule has 1 aromatic carbocycles. The molecule has 3 N–H and O–H groups in total. The van der Waals surface area contributed by atoms with Gasteiger partial charge in [-0.3, -0.25) is 4.79 Å². The lowest BCUT2D eigenvalue weighted by Gasteiger charge is -2.06. The van der Waals surface area contributed by atoms with Gasteiger partial charge < -0.3 is 15.6 Å². The summed E-state index contributed by atoms with van der Waals surface area (Å²) in [6, 6.07) is 11.6. The fraction of sp³-hybridized carbons (Fsp3) is 0.267. The van der Waals surface area contributed by atoms with Gasteiger partial charge in [-0.05, 0) is 36.2 Å². The monoisotopic (exact) mass is 257 g/mol. The molecule has 0 saturated heterocycles. The number of nitrogens with zero attached hydrogens (tertiary/aromatic N) is 1. The highest BCUT2D eigenvalue weighted by molar-refractivity contribution is 5.76. The number of hydrogen-bond donors (Lipinski definition) is 2. The number of nitrogen functional groups attached to an aromatic ring is 1. The van der Waals surface area contributed by atoms with Crippen molar-refractivity contribution in [1.29, 1.82) is 0 Å². The summed E-state index contributed by atoms with van der Waals surface area (Å²) in [7, 11) is 0. The van der Waals surface area contributed by atoms with Crippen molar-refractivity contribution in [2.75, 3.05) is 12.3 Å². The minimum Gasteiger partial charge on any atom is -0.399 e. The van der Waals surface area contributed by atoms with Crippen molar-refractivity contribution < 1.29 is 4.79 Å². The SMILES string of the molecule is Nc1cccc(CCC(=O)NCCn2cccc2)c1. The molecule has 0 aliphatic carbocycles. The second-order valence-electron chi connectivity index (χ2n) is 4.52. The van der Waals surface area contributed by atoms with Gasteiger partial charge in [0.1, 0.15) is 0 Å². The third-order valence-corrected chi connectivity index (χ3v) is 2.95. The number of carbonyl (C=O) groups is 1. The van der Waals surface area contributed by atoms with Crippen LogP contribution in [-0.2, 0) is 17.8 Å². The quantitative estimate of drug-likeness (QED) is 0.775. The number of amides is 1. The van der Waals surface area contributed by atoms with Crippen molar-refractivity contribution >= 4 is 11.6 Å². The lowest BCUT2D eigenvalue weighted by atomic mass is 10.1. The second kappa shape index (κ2) is 6.64. The van der Waals surface area contributed by atoms with Crippen molar-refractivity contribution in [1.82, 2.24) is 9.88 Å². The molecule has 0 unspecified atom stereocenters. The minimum atomic E-state index is 0.0783. The summed E-state index contributed by atoms with van der Waals surface area (Å²) in [5.41, 5.74) is 7.54. The molecule has 1 amide bonds. The molecule has 1 aromatic heterocycles. The van der Waals surface area contributed by atoms with Gasteiger partial charge in [-0.25, -0.2) is 0 Å². The van der Waals surface area contributed by atoms with Gasteiger partial charge in [0.25, 0.3) is 0 Å². The van der Waals surface area contributed by atoms with Crippen molar-refractivity contribution in [3.8, 4) is 0 Å². The molecule has 0 bridgehead atoms. The van der Waals surface area contributed by atoms with E-state index in [0.29, 0.717) is 13.0 Å². The Hall–Kier alpha value is -2.23. The van der Waals surface area contributed by atoms with E-state index in [9.17, 15) is 4.79 Å². The van der Waals surface area contributed by atoms with Gasteiger partial charge in [-0.15, -0.1) is 0 Å². The molecule has 0 aliphatic rings. The first-order valence-corrected chi connectivity index (χ1v) is 6.46. The smallest absolute Gasteiger partial charge is 0.220 e. The van der Waals surface area contributed by atoms with Crippen molar-refractivity contribution in [2.45, 2.75) is 19.4 Å². The van der Waals surface area contributed by atoms with E-state index in [1.54, 1.807) is 0 Å². The summed E-state index contributed by atoms with van der Waals surface area (Å²) >= 11 is 0. The topological polar surface area (TPSA) is 60.1 Å². The van der Waals surface area contributed by atoms with Crippen LogP contribution in [0.2, 0.25) is 0 Å². The largest absolute Gasteiger partial charge is 0.399 e. The van der Waals surface area contributed by atoms with Crippen LogP contribution in [0.1, 0.15) is 12.0 Å². The number of rotatable bonds is 6. The Bertz CT molecular complexity index is 520. The molecule has 19 heavy (non-hydrogen) atoms. The summed E-state index contributed by atoms with van der Waals surface area (Å²) < 4.78 is 2.04. The Morgan fingerprint density at radius 2 is 2.00 bits per heavy atom. The standard InChI is InChI=1S/C15H19N3O/c16-14-5-3-4-13(12-14)6-7-15(19)17-8-11-18-9-1-2-10-18/h1-5,9-10,12H,6-8,11,16H2,(H,17,19). The fourth-order valence-corrected chi connectivity index (χ4v) is 1.94. The molecule has 0 saturated carbocycles. The Labute approximate surface area is 113 Å². The summed E-state index contributed by atoms with van der Waals surface area (Å²) in [5.74, 6) is 0.0783. The van der Waals surface area contributed by atoms with Gasteiger partial charge in [-0.2, -0.15) is 0 Å². The first kappa shape index (κ1) is 13.2. The van der Waals surface area contributed by atoms with Crippen LogP contribution in [0.3, 0.4) is 0 Å². The van der Waals surface area contributed by atoms with Crippen molar-refractivity contribution in [3.63, 3.8) is 0 Å². The number of aromatic nitrogens is 1. The molecule has 0 atom stereocenters. The Kier molecular flexibility index (Phi) is 4.61. The Morgan fingerprint density at radius 1 is 1.21 bits per heavy atom. The third kappa shape index (κ3) is 4.50. The third-order valence-electron chi connectivity index (χ3n) is 2.95. The Balaban J connectivity index is 1.67.